The molecule has 2 aromatic carbocycles. The summed E-state index contributed by atoms with van der Waals surface area (Å²) in [5.74, 6) is 0.319. The maximum atomic E-state index is 12.8. The molecule has 0 aliphatic rings. The molecule has 0 saturated heterocycles. The van der Waals surface area contributed by atoms with E-state index in [1.165, 1.54) is 11.8 Å². The minimum Gasteiger partial charge on any atom is -0.295 e. The first kappa shape index (κ1) is 17.4. The number of nitrogens with one attached hydrogen (secondary N) is 1. The predicted molar refractivity (Wildman–Crippen MR) is 109 cm³/mol. The second-order valence-corrected chi connectivity index (χ2v) is 7.07. The summed E-state index contributed by atoms with van der Waals surface area (Å²) in [6, 6.07) is 19.3. The molecule has 0 radical (unpaired) electrons. The van der Waals surface area contributed by atoms with Crippen molar-refractivity contribution in [2.24, 2.45) is 0 Å². The molecule has 27 heavy (non-hydrogen) atoms. The molecule has 0 unspecified atom stereocenters. The number of amides is 1. The van der Waals surface area contributed by atoms with Crippen LogP contribution in [0.4, 0.5) is 5.13 Å². The monoisotopic (exact) mass is 393 g/mol. The second kappa shape index (κ2) is 7.73. The molecule has 0 bridgehead atoms. The molecule has 0 aliphatic heterocycles. The molecule has 8 heteroatoms. The second-order valence-electron chi connectivity index (χ2n) is 5.54. The fourth-order valence-corrected chi connectivity index (χ4v) is 3.73. The van der Waals surface area contributed by atoms with E-state index in [0.717, 1.165) is 27.9 Å². The Bertz CT molecular complexity index is 1060. The molecule has 0 atom stereocenters. The van der Waals surface area contributed by atoms with E-state index >= 15 is 0 Å². The molecule has 6 nitrogen and oxygen atoms in total. The van der Waals surface area contributed by atoms with Gasteiger partial charge in [0, 0.05) is 22.8 Å². The van der Waals surface area contributed by atoms with E-state index < -0.39 is 0 Å². The lowest BCUT2D eigenvalue weighted by molar-refractivity contribution is 0.102. The number of anilines is 1. The molecule has 134 valence electrons. The molecule has 1 amide bonds. The van der Waals surface area contributed by atoms with Crippen LogP contribution in [0, 0.1) is 0 Å². The summed E-state index contributed by atoms with van der Waals surface area (Å²) >= 11 is 2.64. The third kappa shape index (κ3) is 3.62. The van der Waals surface area contributed by atoms with Crippen molar-refractivity contribution >= 4 is 34.3 Å². The van der Waals surface area contributed by atoms with E-state index in [-0.39, 0.29) is 5.91 Å². The van der Waals surface area contributed by atoms with E-state index in [0.29, 0.717) is 16.6 Å². The Morgan fingerprint density at radius 3 is 2.48 bits per heavy atom. The molecular weight excluding hydrogens is 378 g/mol. The largest absolute Gasteiger partial charge is 0.295 e. The Hall–Kier alpha value is -2.97. The SMILES string of the molecule is CSc1ncc(C(=O)Nc2nc(-c3ccccc3)ns2)n1-c1ccccc1. The molecule has 2 heterocycles. The Morgan fingerprint density at radius 2 is 1.78 bits per heavy atom. The first-order chi connectivity index (χ1) is 13.3. The molecule has 0 fully saturated rings. The Labute approximate surface area is 164 Å². The van der Waals surface area contributed by atoms with Gasteiger partial charge in [-0.3, -0.25) is 14.7 Å². The highest BCUT2D eigenvalue weighted by atomic mass is 32.2. The molecular formula is C19H15N5OS2. The lowest BCUT2D eigenvalue weighted by Gasteiger charge is -2.10. The zero-order chi connectivity index (χ0) is 18.6. The van der Waals surface area contributed by atoms with E-state index in [4.69, 9.17) is 0 Å². The molecule has 4 rings (SSSR count). The number of aromatic nitrogens is 4. The smallest absolute Gasteiger partial charge is 0.276 e. The van der Waals surface area contributed by atoms with Crippen LogP contribution in [-0.4, -0.2) is 31.1 Å². The maximum absolute atomic E-state index is 12.8. The van der Waals surface area contributed by atoms with Gasteiger partial charge in [-0.25, -0.2) is 4.98 Å². The van der Waals surface area contributed by atoms with Crippen molar-refractivity contribution in [3.8, 4) is 17.1 Å². The van der Waals surface area contributed by atoms with Gasteiger partial charge in [0.2, 0.25) is 5.13 Å². The van der Waals surface area contributed by atoms with Crippen LogP contribution < -0.4 is 5.32 Å². The number of carbonyl (C=O) groups excluding carboxylic acids is 1. The van der Waals surface area contributed by atoms with Crippen molar-refractivity contribution < 1.29 is 4.79 Å². The van der Waals surface area contributed by atoms with Gasteiger partial charge in [-0.1, -0.05) is 60.3 Å². The fourth-order valence-electron chi connectivity index (χ4n) is 2.61. The summed E-state index contributed by atoms with van der Waals surface area (Å²) in [5.41, 5.74) is 2.24. The zero-order valence-electron chi connectivity index (χ0n) is 14.4. The van der Waals surface area contributed by atoms with E-state index in [1.807, 2.05) is 71.5 Å². The number of imidazole rings is 1. The standard InChI is InChI=1S/C19H15N5OS2/c1-26-19-20-12-15(24(19)14-10-6-3-7-11-14)17(25)22-18-21-16(23-27-18)13-8-4-2-5-9-13/h2-12H,1H3,(H,21,22,23,25). The van der Waals surface area contributed by atoms with E-state index in [9.17, 15) is 4.79 Å². The van der Waals surface area contributed by atoms with Gasteiger partial charge in [0.05, 0.1) is 6.20 Å². The van der Waals surface area contributed by atoms with E-state index in [1.54, 1.807) is 6.20 Å². The molecule has 4 aromatic rings. The van der Waals surface area contributed by atoms with Crippen molar-refractivity contribution in [1.29, 1.82) is 0 Å². The van der Waals surface area contributed by atoms with Crippen molar-refractivity contribution in [3.05, 3.63) is 72.6 Å². The first-order valence-electron chi connectivity index (χ1n) is 8.14. The normalized spacial score (nSPS) is 10.7. The molecule has 0 aliphatic carbocycles. The number of rotatable bonds is 5. The van der Waals surface area contributed by atoms with Gasteiger partial charge in [0.1, 0.15) is 5.69 Å². The van der Waals surface area contributed by atoms with Gasteiger partial charge in [-0.05, 0) is 18.4 Å². The topological polar surface area (TPSA) is 72.7 Å². The quantitative estimate of drug-likeness (QED) is 0.510. The minimum atomic E-state index is -0.276. The van der Waals surface area contributed by atoms with Crippen molar-refractivity contribution in [3.63, 3.8) is 0 Å². The van der Waals surface area contributed by atoms with Crippen LogP contribution in [0.15, 0.2) is 72.0 Å². The summed E-state index contributed by atoms with van der Waals surface area (Å²) in [6.45, 7) is 0. The molecule has 0 spiro atoms. The Balaban J connectivity index is 1.61. The minimum absolute atomic E-state index is 0.276. The highest BCUT2D eigenvalue weighted by Gasteiger charge is 2.19. The Kier molecular flexibility index (Phi) is 4.99. The van der Waals surface area contributed by atoms with Crippen LogP contribution in [-0.2, 0) is 0 Å². The van der Waals surface area contributed by atoms with Crippen molar-refractivity contribution in [2.75, 3.05) is 11.6 Å². The molecule has 2 aromatic heterocycles. The van der Waals surface area contributed by atoms with Crippen LogP contribution in [0.1, 0.15) is 10.5 Å². The van der Waals surface area contributed by atoms with Gasteiger partial charge < -0.3 is 0 Å². The summed E-state index contributed by atoms with van der Waals surface area (Å²) < 4.78 is 6.16. The average molecular weight is 393 g/mol. The van der Waals surface area contributed by atoms with Crippen LogP contribution in [0.25, 0.3) is 17.1 Å². The number of para-hydroxylation sites is 1. The average Bonchev–Trinajstić information content (AvgIpc) is 3.36. The summed E-state index contributed by atoms with van der Waals surface area (Å²) in [4.78, 5) is 21.6. The summed E-state index contributed by atoms with van der Waals surface area (Å²) in [6.07, 6.45) is 3.51. The van der Waals surface area contributed by atoms with Gasteiger partial charge in [-0.2, -0.15) is 9.36 Å². The number of benzene rings is 2. The summed E-state index contributed by atoms with van der Waals surface area (Å²) in [7, 11) is 0. The maximum Gasteiger partial charge on any atom is 0.276 e. The van der Waals surface area contributed by atoms with Crippen molar-refractivity contribution in [1.82, 2.24) is 18.9 Å². The van der Waals surface area contributed by atoms with Crippen molar-refractivity contribution in [2.45, 2.75) is 5.16 Å². The van der Waals surface area contributed by atoms with Gasteiger partial charge >= 0.3 is 0 Å². The predicted octanol–water partition coefficient (Wildman–Crippen LogP) is 4.37. The number of nitrogens with zero attached hydrogens (tertiary/aromatic N) is 4. The van der Waals surface area contributed by atoms with Gasteiger partial charge in [0.25, 0.3) is 5.91 Å². The highest BCUT2D eigenvalue weighted by Crippen LogP contribution is 2.24. The number of thioether (sulfide) groups is 1. The van der Waals surface area contributed by atoms with Crippen LogP contribution in [0.3, 0.4) is 0 Å². The first-order valence-corrected chi connectivity index (χ1v) is 10.1. The lowest BCUT2D eigenvalue weighted by atomic mass is 10.2. The summed E-state index contributed by atoms with van der Waals surface area (Å²) in [5, 5.41) is 4.03. The van der Waals surface area contributed by atoms with Gasteiger partial charge in [-0.15, -0.1) is 0 Å². The van der Waals surface area contributed by atoms with Gasteiger partial charge in [0.15, 0.2) is 11.0 Å². The molecule has 1 N–H and O–H groups in total. The van der Waals surface area contributed by atoms with E-state index in [2.05, 4.69) is 19.7 Å². The fraction of sp³-hybridized carbons (Fsp3) is 0.0526. The number of carbonyl (C=O) groups is 1. The van der Waals surface area contributed by atoms with Crippen LogP contribution >= 0.6 is 23.3 Å². The lowest BCUT2D eigenvalue weighted by Crippen LogP contribution is -2.16. The zero-order valence-corrected chi connectivity index (χ0v) is 16.0. The highest BCUT2D eigenvalue weighted by molar-refractivity contribution is 7.98. The Morgan fingerprint density at radius 1 is 1.07 bits per heavy atom. The third-order valence-corrected chi connectivity index (χ3v) is 5.12. The third-order valence-electron chi connectivity index (χ3n) is 3.84. The molecule has 0 saturated carbocycles. The number of hydrogen-bond acceptors (Lipinski definition) is 6. The van der Waals surface area contributed by atoms with Crippen LogP contribution in [0.5, 0.6) is 0 Å². The number of hydrogen-bond donors (Lipinski definition) is 1. The van der Waals surface area contributed by atoms with Crippen LogP contribution in [0.2, 0.25) is 0 Å².